The van der Waals surface area contributed by atoms with E-state index in [1.54, 1.807) is 7.11 Å². The Morgan fingerprint density at radius 1 is 1.38 bits per heavy atom. The number of esters is 1. The first-order valence-electron chi connectivity index (χ1n) is 9.05. The monoisotopic (exact) mass is 329 g/mol. The molecule has 2 saturated heterocycles. The van der Waals surface area contributed by atoms with Crippen LogP contribution in [-0.4, -0.2) is 43.7 Å². The van der Waals surface area contributed by atoms with Crippen molar-refractivity contribution in [2.24, 2.45) is 11.8 Å². The molecule has 4 heteroatoms. The largest absolute Gasteiger partial charge is 0.497 e. The van der Waals surface area contributed by atoms with Gasteiger partial charge in [-0.1, -0.05) is 13.0 Å². The molecule has 1 aromatic rings. The molecule has 4 nitrogen and oxygen atoms in total. The van der Waals surface area contributed by atoms with Crippen LogP contribution in [0.2, 0.25) is 0 Å². The maximum atomic E-state index is 12.4. The lowest BCUT2D eigenvalue weighted by atomic mass is 9.50. The average Bonchev–Trinajstić information content (AvgIpc) is 2.58. The summed E-state index contributed by atoms with van der Waals surface area (Å²) in [4.78, 5) is 14.9. The molecule has 3 unspecified atom stereocenters. The van der Waals surface area contributed by atoms with Gasteiger partial charge in [-0.15, -0.1) is 0 Å². The quantitative estimate of drug-likeness (QED) is 0.800. The summed E-state index contributed by atoms with van der Waals surface area (Å²) in [5, 5.41) is 0. The molecular weight excluding hydrogens is 302 g/mol. The minimum atomic E-state index is -0.00807. The van der Waals surface area contributed by atoms with E-state index in [1.165, 1.54) is 11.1 Å². The van der Waals surface area contributed by atoms with Gasteiger partial charge >= 0.3 is 5.97 Å². The number of nitrogens with zero attached hydrogens (tertiary/aromatic N) is 1. The molecule has 0 aromatic heterocycles. The maximum Gasteiger partial charge on any atom is 0.310 e. The van der Waals surface area contributed by atoms with E-state index < -0.39 is 0 Å². The Balaban J connectivity index is 1.74. The molecule has 4 aliphatic rings. The van der Waals surface area contributed by atoms with Crippen LogP contribution in [0.15, 0.2) is 18.2 Å². The fourth-order valence-electron chi connectivity index (χ4n) is 5.67. The summed E-state index contributed by atoms with van der Waals surface area (Å²) < 4.78 is 10.8. The van der Waals surface area contributed by atoms with Crippen LogP contribution >= 0.6 is 0 Å². The van der Waals surface area contributed by atoms with Crippen LogP contribution in [0.1, 0.15) is 37.8 Å². The normalized spacial score (nSPS) is 37.0. The van der Waals surface area contributed by atoms with Crippen molar-refractivity contribution in [3.8, 4) is 5.75 Å². The van der Waals surface area contributed by atoms with E-state index in [0.29, 0.717) is 18.6 Å². The Bertz CT molecular complexity index is 673. The first kappa shape index (κ1) is 15.9. The highest BCUT2D eigenvalue weighted by molar-refractivity contribution is 5.74. The van der Waals surface area contributed by atoms with Crippen molar-refractivity contribution in [1.82, 2.24) is 4.90 Å². The van der Waals surface area contributed by atoms with Gasteiger partial charge in [0, 0.05) is 12.1 Å². The summed E-state index contributed by atoms with van der Waals surface area (Å²) in [6.07, 6.45) is 3.04. The first-order chi connectivity index (χ1) is 11.5. The maximum absolute atomic E-state index is 12.4. The van der Waals surface area contributed by atoms with E-state index in [2.05, 4.69) is 37.1 Å². The van der Waals surface area contributed by atoms with E-state index in [9.17, 15) is 4.79 Å². The van der Waals surface area contributed by atoms with E-state index in [4.69, 9.17) is 9.47 Å². The summed E-state index contributed by atoms with van der Waals surface area (Å²) in [5.41, 5.74) is 3.01. The number of ether oxygens (including phenoxy) is 2. The highest BCUT2D eigenvalue weighted by Gasteiger charge is 2.60. The number of likely N-dealkylation sites (N-methyl/N-ethyl adjacent to an activating group) is 1. The molecule has 0 spiro atoms. The molecule has 24 heavy (non-hydrogen) atoms. The average molecular weight is 329 g/mol. The number of methoxy groups -OCH3 is 1. The van der Waals surface area contributed by atoms with Crippen molar-refractivity contribution in [2.75, 3.05) is 20.8 Å². The number of piperidine rings is 2. The van der Waals surface area contributed by atoms with Crippen molar-refractivity contribution in [3.05, 3.63) is 29.3 Å². The second-order valence-electron chi connectivity index (χ2n) is 7.85. The molecule has 2 aliphatic carbocycles. The summed E-state index contributed by atoms with van der Waals surface area (Å²) in [6, 6.07) is 7.34. The van der Waals surface area contributed by atoms with E-state index in [1.807, 2.05) is 6.92 Å². The third-order valence-corrected chi connectivity index (χ3v) is 6.89. The Morgan fingerprint density at radius 3 is 2.88 bits per heavy atom. The molecule has 3 fully saturated rings. The fraction of sp³-hybridized carbons (Fsp3) is 0.650. The highest BCUT2D eigenvalue weighted by atomic mass is 16.5. The lowest BCUT2D eigenvalue weighted by molar-refractivity contribution is -0.164. The van der Waals surface area contributed by atoms with Crippen LogP contribution < -0.4 is 4.74 Å². The van der Waals surface area contributed by atoms with Gasteiger partial charge in [0.25, 0.3) is 0 Å². The van der Waals surface area contributed by atoms with E-state index >= 15 is 0 Å². The zero-order chi connectivity index (χ0) is 17.1. The predicted molar refractivity (Wildman–Crippen MR) is 92.2 cm³/mol. The molecule has 5 rings (SSSR count). The molecule has 5 atom stereocenters. The van der Waals surface area contributed by atoms with E-state index in [0.717, 1.165) is 25.0 Å². The van der Waals surface area contributed by atoms with Crippen molar-refractivity contribution < 1.29 is 14.3 Å². The van der Waals surface area contributed by atoms with E-state index in [-0.39, 0.29) is 23.3 Å². The van der Waals surface area contributed by atoms with Gasteiger partial charge in [-0.25, -0.2) is 0 Å². The van der Waals surface area contributed by atoms with Gasteiger partial charge in [0.15, 0.2) is 0 Å². The number of benzene rings is 1. The van der Waals surface area contributed by atoms with Crippen LogP contribution in [-0.2, 0) is 21.4 Å². The predicted octanol–water partition coefficient (Wildman–Crippen LogP) is 2.78. The van der Waals surface area contributed by atoms with Gasteiger partial charge in [-0.05, 0) is 67.8 Å². The number of hydrogen-bond acceptors (Lipinski definition) is 4. The molecule has 2 heterocycles. The smallest absolute Gasteiger partial charge is 0.310 e. The zero-order valence-electron chi connectivity index (χ0n) is 15.0. The molecule has 130 valence electrons. The van der Waals surface area contributed by atoms with Gasteiger partial charge < -0.3 is 9.47 Å². The summed E-state index contributed by atoms with van der Waals surface area (Å²) in [6.45, 7) is 4.75. The topological polar surface area (TPSA) is 38.8 Å². The number of hydrogen-bond donors (Lipinski definition) is 0. The van der Waals surface area contributed by atoms with Crippen LogP contribution in [0.3, 0.4) is 0 Å². The Labute approximate surface area is 144 Å². The zero-order valence-corrected chi connectivity index (χ0v) is 15.0. The van der Waals surface area contributed by atoms with Gasteiger partial charge in [0.2, 0.25) is 0 Å². The summed E-state index contributed by atoms with van der Waals surface area (Å²) >= 11 is 0. The molecule has 0 radical (unpaired) electrons. The van der Waals surface area contributed by atoms with Gasteiger partial charge in [-0.3, -0.25) is 9.69 Å². The van der Waals surface area contributed by atoms with Gasteiger partial charge in [0.1, 0.15) is 5.75 Å². The minimum absolute atomic E-state index is 0.00807. The Hall–Kier alpha value is -1.55. The van der Waals surface area contributed by atoms with Crippen molar-refractivity contribution in [2.45, 2.75) is 50.6 Å². The third-order valence-electron chi connectivity index (χ3n) is 6.89. The Kier molecular flexibility index (Phi) is 3.64. The second-order valence-corrected chi connectivity index (χ2v) is 7.85. The van der Waals surface area contributed by atoms with Gasteiger partial charge in [-0.2, -0.15) is 0 Å². The molecule has 2 aliphatic heterocycles. The third kappa shape index (κ3) is 2.05. The van der Waals surface area contributed by atoms with Crippen LogP contribution in [0.5, 0.6) is 5.75 Å². The minimum Gasteiger partial charge on any atom is -0.497 e. The van der Waals surface area contributed by atoms with Crippen molar-refractivity contribution in [1.29, 1.82) is 0 Å². The second kappa shape index (κ2) is 5.48. The Morgan fingerprint density at radius 2 is 2.17 bits per heavy atom. The van der Waals surface area contributed by atoms with Crippen LogP contribution in [0, 0.1) is 11.8 Å². The summed E-state index contributed by atoms with van der Waals surface area (Å²) in [7, 11) is 3.93. The van der Waals surface area contributed by atoms with Gasteiger partial charge in [0.05, 0.1) is 19.6 Å². The highest BCUT2D eigenvalue weighted by Crippen LogP contribution is 2.58. The number of rotatable bonds is 3. The van der Waals surface area contributed by atoms with Crippen molar-refractivity contribution >= 4 is 5.97 Å². The lowest BCUT2D eigenvalue weighted by Crippen LogP contribution is -2.68. The fourth-order valence-corrected chi connectivity index (χ4v) is 5.67. The van der Waals surface area contributed by atoms with Crippen molar-refractivity contribution in [3.63, 3.8) is 0 Å². The molecule has 1 aromatic carbocycles. The molecule has 0 N–H and O–H groups in total. The number of fused-ring (bicyclic) bond motifs is 2. The SMILES string of the molecule is CCOC(=O)[C@H]1CC2C3Cc4ccc(OC)cc4[C@@]2(C)CC1N3C. The summed E-state index contributed by atoms with van der Waals surface area (Å²) in [5.74, 6) is 1.45. The lowest BCUT2D eigenvalue weighted by Gasteiger charge is -2.63. The molecule has 0 amide bonds. The van der Waals surface area contributed by atoms with Crippen LogP contribution in [0.4, 0.5) is 0 Å². The standard InChI is InChI=1S/C20H27NO3/c1-5-24-19(22)14-10-16-17-8-12-6-7-13(23-4)9-15(12)20(16,2)11-18(14)21(17)3/h6-7,9,14,16-18H,5,8,10-11H2,1-4H3/t14-,16?,17?,18?,20+/m0/s1. The molecule has 4 bridgehead atoms. The number of carbonyl (C=O) groups excluding carboxylic acids is 1. The number of carbonyl (C=O) groups is 1. The first-order valence-corrected chi connectivity index (χ1v) is 9.05. The van der Waals surface area contributed by atoms with Crippen LogP contribution in [0.25, 0.3) is 0 Å². The molecule has 1 saturated carbocycles. The molecular formula is C20H27NO3.